The molecule has 0 spiro atoms. The van der Waals surface area contributed by atoms with Gasteiger partial charge in [-0.2, -0.15) is 0 Å². The van der Waals surface area contributed by atoms with Crippen LogP contribution in [0.1, 0.15) is 42.7 Å². The van der Waals surface area contributed by atoms with Crippen LogP contribution >= 0.6 is 0 Å². The van der Waals surface area contributed by atoms with Crippen molar-refractivity contribution in [3.05, 3.63) is 23.4 Å². The summed E-state index contributed by atoms with van der Waals surface area (Å²) in [6, 6.07) is 2.99. The van der Waals surface area contributed by atoms with Crippen LogP contribution in [0.25, 0.3) is 0 Å². The van der Waals surface area contributed by atoms with Gasteiger partial charge < -0.3 is 10.4 Å². The van der Waals surface area contributed by atoms with Gasteiger partial charge in [-0.15, -0.1) is 6.42 Å². The molecule has 96 valence electrons. The van der Waals surface area contributed by atoms with Crippen LogP contribution in [0.15, 0.2) is 12.1 Å². The van der Waals surface area contributed by atoms with E-state index >= 15 is 0 Å². The second-order valence-corrected chi connectivity index (χ2v) is 4.06. The highest BCUT2D eigenvalue weighted by Crippen LogP contribution is 2.14. The van der Waals surface area contributed by atoms with E-state index < -0.39 is 5.97 Å². The van der Waals surface area contributed by atoms with Crippen molar-refractivity contribution in [2.24, 2.45) is 0 Å². The predicted octanol–water partition coefficient (Wildman–Crippen LogP) is 2.56. The summed E-state index contributed by atoms with van der Waals surface area (Å²) >= 11 is 0. The Balaban J connectivity index is 3.03. The summed E-state index contributed by atoms with van der Waals surface area (Å²) in [7, 11) is 0. The molecule has 1 rings (SSSR count). The molecule has 0 bridgehead atoms. The van der Waals surface area contributed by atoms with E-state index in [9.17, 15) is 4.79 Å². The number of pyridine rings is 1. The Hall–Kier alpha value is -2.02. The number of nitrogens with one attached hydrogen (secondary N) is 1. The molecule has 1 atom stereocenters. The van der Waals surface area contributed by atoms with Gasteiger partial charge in [0.15, 0.2) is 0 Å². The summed E-state index contributed by atoms with van der Waals surface area (Å²) in [5, 5.41) is 12.1. The molecule has 0 amide bonds. The quantitative estimate of drug-likeness (QED) is 0.757. The molecule has 4 nitrogen and oxygen atoms in total. The lowest BCUT2D eigenvalue weighted by Gasteiger charge is -2.13. The van der Waals surface area contributed by atoms with Crippen molar-refractivity contribution in [2.45, 2.75) is 39.2 Å². The SMILES string of the molecule is C#CC(CC)Nc1cc(C(=O)O)cc(CCC)n1. The fourth-order valence-corrected chi connectivity index (χ4v) is 1.61. The molecule has 0 fully saturated rings. The molecule has 1 aromatic heterocycles. The van der Waals surface area contributed by atoms with Gasteiger partial charge in [0.25, 0.3) is 0 Å². The van der Waals surface area contributed by atoms with Gasteiger partial charge in [-0.25, -0.2) is 9.78 Å². The van der Waals surface area contributed by atoms with Gasteiger partial charge in [-0.1, -0.05) is 26.2 Å². The Kier molecular flexibility index (Phi) is 5.19. The average molecular weight is 246 g/mol. The fraction of sp³-hybridized carbons (Fsp3) is 0.429. The third kappa shape index (κ3) is 3.77. The number of carboxylic acid groups (broad SMARTS) is 1. The van der Waals surface area contributed by atoms with Crippen LogP contribution in [-0.4, -0.2) is 22.1 Å². The third-order valence-electron chi connectivity index (χ3n) is 2.56. The topological polar surface area (TPSA) is 62.2 Å². The number of aryl methyl sites for hydroxylation is 1. The Bertz CT molecular complexity index is 463. The molecule has 0 aliphatic carbocycles. The molecule has 0 saturated carbocycles. The van der Waals surface area contributed by atoms with E-state index in [1.807, 2.05) is 13.8 Å². The molecule has 4 heteroatoms. The molecular formula is C14H18N2O2. The molecule has 2 N–H and O–H groups in total. The molecule has 0 radical (unpaired) electrons. The first-order chi connectivity index (χ1) is 8.60. The van der Waals surface area contributed by atoms with Crippen LogP contribution < -0.4 is 5.32 Å². The summed E-state index contributed by atoms with van der Waals surface area (Å²) in [4.78, 5) is 15.4. The molecule has 1 aromatic rings. The smallest absolute Gasteiger partial charge is 0.335 e. The normalized spacial score (nSPS) is 11.6. The van der Waals surface area contributed by atoms with Gasteiger partial charge in [0, 0.05) is 5.69 Å². The van der Waals surface area contributed by atoms with E-state index in [1.54, 1.807) is 6.07 Å². The standard InChI is InChI=1S/C14H18N2O2/c1-4-7-12-8-10(14(17)18)9-13(16-12)15-11(5-2)6-3/h2,8-9,11H,4,6-7H2,1,3H3,(H,15,16)(H,17,18). The van der Waals surface area contributed by atoms with Crippen molar-refractivity contribution in [2.75, 3.05) is 5.32 Å². The Morgan fingerprint density at radius 1 is 1.56 bits per heavy atom. The summed E-state index contributed by atoms with van der Waals surface area (Å²) in [6.45, 7) is 3.99. The Morgan fingerprint density at radius 2 is 2.28 bits per heavy atom. The summed E-state index contributed by atoms with van der Waals surface area (Å²) in [5.74, 6) is 2.18. The maximum Gasteiger partial charge on any atom is 0.335 e. The highest BCUT2D eigenvalue weighted by atomic mass is 16.4. The summed E-state index contributed by atoms with van der Waals surface area (Å²) in [6.07, 6.45) is 7.80. The van der Waals surface area contributed by atoms with Gasteiger partial charge in [-0.05, 0) is 25.0 Å². The van der Waals surface area contributed by atoms with Gasteiger partial charge >= 0.3 is 5.97 Å². The highest BCUT2D eigenvalue weighted by molar-refractivity contribution is 5.88. The summed E-state index contributed by atoms with van der Waals surface area (Å²) in [5.41, 5.74) is 1.01. The van der Waals surface area contributed by atoms with Crippen LogP contribution in [0.2, 0.25) is 0 Å². The van der Waals surface area contributed by atoms with Crippen molar-refractivity contribution in [1.29, 1.82) is 0 Å². The first-order valence-electron chi connectivity index (χ1n) is 6.07. The minimum absolute atomic E-state index is 0.129. The minimum atomic E-state index is -0.952. The first-order valence-corrected chi connectivity index (χ1v) is 6.07. The monoisotopic (exact) mass is 246 g/mol. The number of terminal acetylenes is 1. The van der Waals surface area contributed by atoms with Crippen molar-refractivity contribution in [3.8, 4) is 12.3 Å². The van der Waals surface area contributed by atoms with Crippen LogP contribution in [0.4, 0.5) is 5.82 Å². The fourth-order valence-electron chi connectivity index (χ4n) is 1.61. The van der Waals surface area contributed by atoms with Crippen molar-refractivity contribution < 1.29 is 9.90 Å². The highest BCUT2D eigenvalue weighted by Gasteiger charge is 2.10. The van der Waals surface area contributed by atoms with E-state index in [4.69, 9.17) is 11.5 Å². The molecule has 0 aromatic carbocycles. The van der Waals surface area contributed by atoms with Gasteiger partial charge in [0.2, 0.25) is 0 Å². The predicted molar refractivity (Wildman–Crippen MR) is 71.7 cm³/mol. The van der Waals surface area contributed by atoms with Crippen LogP contribution in [0.3, 0.4) is 0 Å². The number of carbonyl (C=O) groups is 1. The van der Waals surface area contributed by atoms with Crippen molar-refractivity contribution in [1.82, 2.24) is 4.98 Å². The molecular weight excluding hydrogens is 228 g/mol. The number of aromatic nitrogens is 1. The van der Waals surface area contributed by atoms with Crippen LogP contribution in [0.5, 0.6) is 0 Å². The lowest BCUT2D eigenvalue weighted by Crippen LogP contribution is -2.17. The molecule has 18 heavy (non-hydrogen) atoms. The average Bonchev–Trinajstić information content (AvgIpc) is 2.36. The lowest BCUT2D eigenvalue weighted by atomic mass is 10.1. The minimum Gasteiger partial charge on any atom is -0.478 e. The van der Waals surface area contributed by atoms with E-state index in [2.05, 4.69) is 16.2 Å². The number of carboxylic acids is 1. The summed E-state index contributed by atoms with van der Waals surface area (Å²) < 4.78 is 0. The maximum absolute atomic E-state index is 11.0. The molecule has 0 aliphatic rings. The number of rotatable bonds is 6. The van der Waals surface area contributed by atoms with E-state index in [1.165, 1.54) is 6.07 Å². The van der Waals surface area contributed by atoms with E-state index in [0.29, 0.717) is 5.82 Å². The van der Waals surface area contributed by atoms with Crippen molar-refractivity contribution >= 4 is 11.8 Å². The molecule has 0 aliphatic heterocycles. The van der Waals surface area contributed by atoms with Crippen LogP contribution in [-0.2, 0) is 6.42 Å². The molecule has 1 unspecified atom stereocenters. The zero-order valence-electron chi connectivity index (χ0n) is 10.7. The number of aromatic carboxylic acids is 1. The van der Waals surface area contributed by atoms with Crippen molar-refractivity contribution in [3.63, 3.8) is 0 Å². The zero-order valence-corrected chi connectivity index (χ0v) is 10.7. The Labute approximate surface area is 107 Å². The van der Waals surface area contributed by atoms with E-state index in [-0.39, 0.29) is 11.6 Å². The van der Waals surface area contributed by atoms with Crippen LogP contribution in [0, 0.1) is 12.3 Å². The maximum atomic E-state index is 11.0. The molecule has 1 heterocycles. The van der Waals surface area contributed by atoms with Gasteiger partial charge in [0.1, 0.15) is 5.82 Å². The number of hydrogen-bond donors (Lipinski definition) is 2. The number of anilines is 1. The third-order valence-corrected chi connectivity index (χ3v) is 2.56. The van der Waals surface area contributed by atoms with E-state index in [0.717, 1.165) is 25.0 Å². The van der Waals surface area contributed by atoms with Gasteiger partial charge in [-0.3, -0.25) is 0 Å². The number of nitrogens with zero attached hydrogens (tertiary/aromatic N) is 1. The first kappa shape index (κ1) is 14.0. The Morgan fingerprint density at radius 3 is 2.78 bits per heavy atom. The van der Waals surface area contributed by atoms with Gasteiger partial charge in [0.05, 0.1) is 11.6 Å². The lowest BCUT2D eigenvalue weighted by molar-refractivity contribution is 0.0696. The molecule has 0 saturated heterocycles. The second kappa shape index (κ2) is 6.65. The zero-order chi connectivity index (χ0) is 13.5. The largest absolute Gasteiger partial charge is 0.478 e. The second-order valence-electron chi connectivity index (χ2n) is 4.06. The number of hydrogen-bond acceptors (Lipinski definition) is 3.